The highest BCUT2D eigenvalue weighted by Gasteiger charge is 2.32. The molecule has 0 fully saturated rings. The minimum absolute atomic E-state index is 0.00644. The van der Waals surface area contributed by atoms with Gasteiger partial charge >= 0.3 is 5.97 Å². The maximum Gasteiger partial charge on any atom is 0.339 e. The largest absolute Gasteiger partial charge is 0.453 e. The van der Waals surface area contributed by atoms with Gasteiger partial charge in [-0.05, 0) is 12.1 Å². The number of carbonyl (C=O) groups is 2. The van der Waals surface area contributed by atoms with Crippen molar-refractivity contribution in [2.24, 2.45) is 0 Å². The van der Waals surface area contributed by atoms with Crippen molar-refractivity contribution >= 4 is 33.2 Å². The smallest absolute Gasteiger partial charge is 0.339 e. The van der Waals surface area contributed by atoms with E-state index in [2.05, 4.69) is 0 Å². The van der Waals surface area contributed by atoms with E-state index in [1.54, 1.807) is 23.5 Å². The molecule has 0 unspecified atom stereocenters. The highest BCUT2D eigenvalue weighted by Crippen LogP contribution is 2.35. The molecule has 0 radical (unpaired) electrons. The zero-order chi connectivity index (χ0) is 15.1. The fourth-order valence-corrected chi connectivity index (χ4v) is 3.81. The summed E-state index contributed by atoms with van der Waals surface area (Å²) in [4.78, 5) is 24.4. The second-order valence-electron chi connectivity index (χ2n) is 5.25. The lowest BCUT2D eigenvalue weighted by Gasteiger charge is -2.09. The molecule has 4 heteroatoms. The predicted octanol–water partition coefficient (Wildman–Crippen LogP) is 4.39. The molecule has 108 valence electrons. The van der Waals surface area contributed by atoms with Crippen LogP contribution >= 0.6 is 11.3 Å². The summed E-state index contributed by atoms with van der Waals surface area (Å²) in [6, 6.07) is 15.1. The van der Waals surface area contributed by atoms with Crippen LogP contribution in [0.1, 0.15) is 38.8 Å². The Morgan fingerprint density at radius 1 is 1.09 bits per heavy atom. The maximum absolute atomic E-state index is 12.6. The molecule has 1 aliphatic rings. The summed E-state index contributed by atoms with van der Waals surface area (Å²) in [6.07, 6.45) is -0.293. The summed E-state index contributed by atoms with van der Waals surface area (Å²) in [6.45, 7) is 0. The Morgan fingerprint density at radius 3 is 2.77 bits per heavy atom. The molecule has 0 amide bonds. The van der Waals surface area contributed by atoms with Crippen LogP contribution in [0.15, 0.2) is 53.9 Å². The zero-order valence-electron chi connectivity index (χ0n) is 11.6. The number of fused-ring (bicyclic) bond motifs is 2. The Hall–Kier alpha value is -2.46. The van der Waals surface area contributed by atoms with Crippen molar-refractivity contribution < 1.29 is 14.3 Å². The molecule has 2 heterocycles. The van der Waals surface area contributed by atoms with E-state index in [1.807, 2.05) is 41.8 Å². The molecule has 1 atom stereocenters. The van der Waals surface area contributed by atoms with Gasteiger partial charge in [0, 0.05) is 26.6 Å². The lowest BCUT2D eigenvalue weighted by molar-refractivity contribution is 0.0367. The number of Topliss-reactive ketones (excluding diaryl/α,β-unsaturated/α-hetero) is 1. The molecule has 4 rings (SSSR count). The Kier molecular flexibility index (Phi) is 3.05. The molecule has 0 N–H and O–H groups in total. The Morgan fingerprint density at radius 2 is 1.86 bits per heavy atom. The van der Waals surface area contributed by atoms with Gasteiger partial charge in [-0.15, -0.1) is 11.3 Å². The number of cyclic esters (lactones) is 1. The van der Waals surface area contributed by atoms with E-state index in [4.69, 9.17) is 4.74 Å². The van der Waals surface area contributed by atoms with Crippen LogP contribution in [0.5, 0.6) is 0 Å². The first kappa shape index (κ1) is 13.2. The molecule has 0 saturated carbocycles. The number of ketones is 1. The number of hydrogen-bond acceptors (Lipinski definition) is 4. The standard InChI is InChI=1S/C18H12O3S/c19-15(14-10-22-17-8-4-3-6-12(14)17)9-16-11-5-1-2-7-13(11)18(20)21-16/h1-8,10,16H,9H2/t16-/m0/s1. The molecule has 22 heavy (non-hydrogen) atoms. The summed E-state index contributed by atoms with van der Waals surface area (Å²) in [5.74, 6) is -0.337. The third-order valence-corrected chi connectivity index (χ3v) is 4.89. The second-order valence-corrected chi connectivity index (χ2v) is 6.17. The number of rotatable bonds is 3. The molecule has 2 aromatic carbocycles. The van der Waals surface area contributed by atoms with E-state index in [-0.39, 0.29) is 18.2 Å². The molecule has 1 aromatic heterocycles. The lowest BCUT2D eigenvalue weighted by Crippen LogP contribution is -2.07. The van der Waals surface area contributed by atoms with Gasteiger partial charge < -0.3 is 4.74 Å². The average Bonchev–Trinajstić information content (AvgIpc) is 3.10. The van der Waals surface area contributed by atoms with Gasteiger partial charge in [0.2, 0.25) is 0 Å². The highest BCUT2D eigenvalue weighted by atomic mass is 32.1. The van der Waals surface area contributed by atoms with E-state index < -0.39 is 6.10 Å². The summed E-state index contributed by atoms with van der Waals surface area (Å²) >= 11 is 1.56. The van der Waals surface area contributed by atoms with E-state index in [9.17, 15) is 9.59 Å². The zero-order valence-corrected chi connectivity index (χ0v) is 12.4. The number of ether oxygens (including phenoxy) is 1. The molecular formula is C18H12O3S. The van der Waals surface area contributed by atoms with Crippen molar-refractivity contribution in [1.29, 1.82) is 0 Å². The van der Waals surface area contributed by atoms with Gasteiger partial charge in [0.15, 0.2) is 5.78 Å². The van der Waals surface area contributed by atoms with Crippen molar-refractivity contribution in [2.75, 3.05) is 0 Å². The topological polar surface area (TPSA) is 43.4 Å². The SMILES string of the molecule is O=C1O[C@@H](CC(=O)c2csc3ccccc23)c2ccccc21. The van der Waals surface area contributed by atoms with Crippen molar-refractivity contribution in [3.8, 4) is 0 Å². The fourth-order valence-electron chi connectivity index (χ4n) is 2.84. The predicted molar refractivity (Wildman–Crippen MR) is 85.4 cm³/mol. The van der Waals surface area contributed by atoms with E-state index in [0.29, 0.717) is 11.1 Å². The maximum atomic E-state index is 12.6. The normalized spacial score (nSPS) is 16.5. The van der Waals surface area contributed by atoms with Gasteiger partial charge in [-0.1, -0.05) is 36.4 Å². The third-order valence-electron chi connectivity index (χ3n) is 3.93. The van der Waals surface area contributed by atoms with Crippen molar-refractivity contribution in [1.82, 2.24) is 0 Å². The van der Waals surface area contributed by atoms with Crippen LogP contribution in [0.3, 0.4) is 0 Å². The Balaban J connectivity index is 1.65. The quantitative estimate of drug-likeness (QED) is 0.532. The molecule has 3 aromatic rings. The van der Waals surface area contributed by atoms with E-state index >= 15 is 0 Å². The van der Waals surface area contributed by atoms with Gasteiger partial charge in [0.25, 0.3) is 0 Å². The fraction of sp³-hybridized carbons (Fsp3) is 0.111. The average molecular weight is 308 g/mol. The van der Waals surface area contributed by atoms with Crippen LogP contribution in [-0.2, 0) is 4.74 Å². The summed E-state index contributed by atoms with van der Waals surface area (Å²) in [7, 11) is 0. The van der Waals surface area contributed by atoms with Crippen LogP contribution < -0.4 is 0 Å². The van der Waals surface area contributed by atoms with Gasteiger partial charge in [0.05, 0.1) is 12.0 Å². The third kappa shape index (κ3) is 2.04. The van der Waals surface area contributed by atoms with Crippen LogP contribution in [-0.4, -0.2) is 11.8 Å². The summed E-state index contributed by atoms with van der Waals surface area (Å²) < 4.78 is 6.45. The van der Waals surface area contributed by atoms with E-state index in [0.717, 1.165) is 15.6 Å². The highest BCUT2D eigenvalue weighted by molar-refractivity contribution is 7.17. The summed E-state index contributed by atoms with van der Waals surface area (Å²) in [5, 5.41) is 2.85. The van der Waals surface area contributed by atoms with Gasteiger partial charge in [-0.2, -0.15) is 0 Å². The number of esters is 1. The number of hydrogen-bond donors (Lipinski definition) is 0. The molecule has 0 spiro atoms. The molecule has 0 aliphatic carbocycles. The first-order valence-electron chi connectivity index (χ1n) is 7.03. The van der Waals surface area contributed by atoms with Crippen molar-refractivity contribution in [3.05, 3.63) is 70.6 Å². The number of thiophene rings is 1. The van der Waals surface area contributed by atoms with Gasteiger partial charge in [-0.3, -0.25) is 4.79 Å². The monoisotopic (exact) mass is 308 g/mol. The van der Waals surface area contributed by atoms with Crippen LogP contribution in [0, 0.1) is 0 Å². The van der Waals surface area contributed by atoms with Crippen LogP contribution in [0.25, 0.3) is 10.1 Å². The first-order valence-corrected chi connectivity index (χ1v) is 7.91. The molecule has 0 bridgehead atoms. The van der Waals surface area contributed by atoms with Crippen molar-refractivity contribution in [3.63, 3.8) is 0 Å². The minimum Gasteiger partial charge on any atom is -0.453 e. The van der Waals surface area contributed by atoms with Gasteiger partial charge in [0.1, 0.15) is 6.10 Å². The van der Waals surface area contributed by atoms with E-state index in [1.165, 1.54) is 0 Å². The Bertz CT molecular complexity index is 894. The first-order chi connectivity index (χ1) is 10.7. The van der Waals surface area contributed by atoms with Crippen LogP contribution in [0.2, 0.25) is 0 Å². The second kappa shape index (κ2) is 5.07. The Labute approximate surface area is 131 Å². The number of carbonyl (C=O) groups excluding carboxylic acids is 2. The summed E-state index contributed by atoms with van der Waals surface area (Å²) in [5.41, 5.74) is 2.08. The molecule has 1 aliphatic heterocycles. The molecule has 0 saturated heterocycles. The molecular weight excluding hydrogens is 296 g/mol. The van der Waals surface area contributed by atoms with Crippen LogP contribution in [0.4, 0.5) is 0 Å². The minimum atomic E-state index is -0.477. The lowest BCUT2D eigenvalue weighted by atomic mass is 9.98. The number of benzene rings is 2. The van der Waals surface area contributed by atoms with Crippen molar-refractivity contribution in [2.45, 2.75) is 12.5 Å². The molecule has 3 nitrogen and oxygen atoms in total. The van der Waals surface area contributed by atoms with Gasteiger partial charge in [-0.25, -0.2) is 4.79 Å².